The summed E-state index contributed by atoms with van der Waals surface area (Å²) in [5, 5.41) is 13.2. The summed E-state index contributed by atoms with van der Waals surface area (Å²) in [5.41, 5.74) is 7.94. The van der Waals surface area contributed by atoms with Gasteiger partial charge in [0.2, 0.25) is 10.0 Å². The van der Waals surface area contributed by atoms with Crippen LogP contribution in [0.4, 0.5) is 5.82 Å². The molecule has 2 heterocycles. The smallest absolute Gasteiger partial charge is 0.304 e. The third-order valence-corrected chi connectivity index (χ3v) is 5.10. The van der Waals surface area contributed by atoms with Gasteiger partial charge in [0.05, 0.1) is 11.8 Å². The van der Waals surface area contributed by atoms with Crippen LogP contribution in [0.5, 0.6) is 0 Å². The minimum Gasteiger partial charge on any atom is -0.710 e. The number of rotatable bonds is 7. The van der Waals surface area contributed by atoms with Crippen molar-refractivity contribution in [1.29, 1.82) is 0 Å². The number of nitrogen functional groups attached to an aromatic ring is 1. The van der Waals surface area contributed by atoms with Gasteiger partial charge in [-0.3, -0.25) is 5.73 Å². The number of para-hydroxylation sites is 1. The van der Waals surface area contributed by atoms with Gasteiger partial charge >= 0.3 is 5.82 Å². The van der Waals surface area contributed by atoms with Crippen LogP contribution in [0.25, 0.3) is 21.9 Å². The maximum atomic E-state index is 12.4. The van der Waals surface area contributed by atoms with Gasteiger partial charge < -0.3 is 9.77 Å². The Morgan fingerprint density at radius 2 is 2.04 bits per heavy atom. The van der Waals surface area contributed by atoms with Crippen LogP contribution in [0.1, 0.15) is 25.6 Å². The van der Waals surface area contributed by atoms with E-state index in [9.17, 15) is 13.6 Å². The van der Waals surface area contributed by atoms with Crippen LogP contribution < -0.4 is 15.2 Å². The molecule has 0 fully saturated rings. The molecule has 0 unspecified atom stereocenters. The fourth-order valence-corrected chi connectivity index (χ4v) is 3.71. The lowest BCUT2D eigenvalue weighted by Crippen LogP contribution is -2.31. The predicted octanol–water partition coefficient (Wildman–Crippen LogP) is 1.30. The van der Waals surface area contributed by atoms with Gasteiger partial charge in [0, 0.05) is 24.9 Å². The molecule has 140 valence electrons. The molecule has 0 saturated carbocycles. The molecule has 0 aliphatic carbocycles. The molecule has 9 heteroatoms. The summed E-state index contributed by atoms with van der Waals surface area (Å²) in [6, 6.07) is 7.34. The first-order valence-electron chi connectivity index (χ1n) is 8.57. The fourth-order valence-electron chi connectivity index (χ4n) is 3.19. The predicted molar refractivity (Wildman–Crippen MR) is 102 cm³/mol. The number of sulfonamides is 1. The number of aromatic nitrogens is 3. The van der Waals surface area contributed by atoms with Gasteiger partial charge in [-0.15, -0.1) is 0 Å². The fraction of sp³-hybridized carbons (Fsp3) is 0.412. The van der Waals surface area contributed by atoms with Crippen molar-refractivity contribution in [3.05, 3.63) is 35.3 Å². The maximum Gasteiger partial charge on any atom is 0.304 e. The van der Waals surface area contributed by atoms with Crippen LogP contribution in [0.15, 0.2) is 24.3 Å². The standard InChI is InChI=1S/C17H23N5O3S/c1-3-14-20-15-16(21(14)11-7-6-10-19-26(2,24)25)12-8-4-5-9-13(12)22(23)17(15)18/h4-5,8-9,19H,3,6-7,10-11,18H2,1-2H3. The molecule has 2 aromatic heterocycles. The normalized spacial score (nSPS) is 12.2. The second-order valence-electron chi connectivity index (χ2n) is 6.30. The molecule has 0 bridgehead atoms. The molecule has 0 spiro atoms. The van der Waals surface area contributed by atoms with Gasteiger partial charge in [-0.2, -0.15) is 0 Å². The van der Waals surface area contributed by atoms with Crippen molar-refractivity contribution in [1.82, 2.24) is 14.3 Å². The molecule has 0 radical (unpaired) electrons. The van der Waals surface area contributed by atoms with Gasteiger partial charge in [0.15, 0.2) is 5.52 Å². The molecule has 3 rings (SSSR count). The molecule has 0 aliphatic heterocycles. The molecule has 26 heavy (non-hydrogen) atoms. The minimum absolute atomic E-state index is 0.103. The molecule has 3 N–H and O–H groups in total. The Labute approximate surface area is 152 Å². The van der Waals surface area contributed by atoms with E-state index in [4.69, 9.17) is 5.73 Å². The van der Waals surface area contributed by atoms with Crippen molar-refractivity contribution in [3.63, 3.8) is 0 Å². The number of fused-ring (bicyclic) bond motifs is 3. The average molecular weight is 377 g/mol. The first-order chi connectivity index (χ1) is 12.3. The van der Waals surface area contributed by atoms with E-state index in [1.165, 1.54) is 0 Å². The van der Waals surface area contributed by atoms with Crippen LogP contribution in [0.3, 0.4) is 0 Å². The van der Waals surface area contributed by atoms with Crippen molar-refractivity contribution >= 4 is 37.8 Å². The average Bonchev–Trinajstić information content (AvgIpc) is 2.97. The van der Waals surface area contributed by atoms with Gasteiger partial charge in [-0.25, -0.2) is 22.9 Å². The van der Waals surface area contributed by atoms with Gasteiger partial charge in [-0.05, 0) is 25.0 Å². The number of imidazole rings is 1. The molecule has 1 aromatic carbocycles. The highest BCUT2D eigenvalue weighted by Crippen LogP contribution is 2.28. The number of benzene rings is 1. The molecular formula is C17H23N5O3S. The molecule has 0 amide bonds. The Hall–Kier alpha value is -2.39. The van der Waals surface area contributed by atoms with Gasteiger partial charge in [0.25, 0.3) is 0 Å². The van der Waals surface area contributed by atoms with E-state index in [0.29, 0.717) is 37.0 Å². The Morgan fingerprint density at radius 1 is 1.31 bits per heavy atom. The summed E-state index contributed by atoms with van der Waals surface area (Å²) in [4.78, 5) is 4.59. The molecule has 0 saturated heterocycles. The van der Waals surface area contributed by atoms with Crippen LogP contribution in [-0.2, 0) is 23.0 Å². The van der Waals surface area contributed by atoms with E-state index in [0.717, 1.165) is 34.1 Å². The molecule has 0 atom stereocenters. The summed E-state index contributed by atoms with van der Waals surface area (Å²) in [6.45, 7) is 3.08. The van der Waals surface area contributed by atoms with Crippen LogP contribution >= 0.6 is 0 Å². The van der Waals surface area contributed by atoms with E-state index < -0.39 is 10.0 Å². The molecule has 0 aliphatic rings. The van der Waals surface area contributed by atoms with Crippen LogP contribution in [-0.4, -0.2) is 30.8 Å². The highest BCUT2D eigenvalue weighted by Gasteiger charge is 2.20. The number of nitrogens with one attached hydrogen (secondary N) is 1. The van der Waals surface area contributed by atoms with E-state index in [-0.39, 0.29) is 5.82 Å². The molecular weight excluding hydrogens is 354 g/mol. The van der Waals surface area contributed by atoms with Crippen molar-refractivity contribution in [2.24, 2.45) is 0 Å². The Bertz CT molecular complexity index is 1060. The number of pyridine rings is 1. The van der Waals surface area contributed by atoms with Crippen molar-refractivity contribution in [2.75, 3.05) is 18.5 Å². The number of hydrogen-bond acceptors (Lipinski definition) is 5. The highest BCUT2D eigenvalue weighted by molar-refractivity contribution is 7.88. The summed E-state index contributed by atoms with van der Waals surface area (Å²) >= 11 is 0. The summed E-state index contributed by atoms with van der Waals surface area (Å²) in [5.74, 6) is 0.963. The van der Waals surface area contributed by atoms with Gasteiger partial charge in [-0.1, -0.05) is 19.1 Å². The maximum absolute atomic E-state index is 12.4. The Morgan fingerprint density at radius 3 is 2.73 bits per heavy atom. The van der Waals surface area contributed by atoms with Crippen molar-refractivity contribution < 1.29 is 13.1 Å². The first-order valence-corrected chi connectivity index (χ1v) is 10.5. The Balaban J connectivity index is 1.99. The lowest BCUT2D eigenvalue weighted by atomic mass is 10.2. The molecule has 3 aromatic rings. The lowest BCUT2D eigenvalue weighted by molar-refractivity contribution is -0.559. The number of nitrogens with zero attached hydrogens (tertiary/aromatic N) is 3. The number of nitrogens with two attached hydrogens (primary N) is 1. The molecule has 8 nitrogen and oxygen atoms in total. The largest absolute Gasteiger partial charge is 0.710 e. The number of anilines is 1. The van der Waals surface area contributed by atoms with Crippen LogP contribution in [0.2, 0.25) is 0 Å². The monoisotopic (exact) mass is 377 g/mol. The summed E-state index contributed by atoms with van der Waals surface area (Å²) in [6.07, 6.45) is 3.35. The zero-order chi connectivity index (χ0) is 18.9. The van der Waals surface area contributed by atoms with E-state index in [1.54, 1.807) is 12.1 Å². The zero-order valence-electron chi connectivity index (χ0n) is 14.9. The Kier molecular flexibility index (Phi) is 5.01. The van der Waals surface area contributed by atoms with Crippen LogP contribution in [0, 0.1) is 5.21 Å². The highest BCUT2D eigenvalue weighted by atomic mass is 32.2. The van der Waals surface area contributed by atoms with Crippen molar-refractivity contribution in [2.45, 2.75) is 32.7 Å². The zero-order valence-corrected chi connectivity index (χ0v) is 15.7. The van der Waals surface area contributed by atoms with E-state index >= 15 is 0 Å². The van der Waals surface area contributed by atoms with E-state index in [1.807, 2.05) is 19.1 Å². The van der Waals surface area contributed by atoms with Gasteiger partial charge in [0.1, 0.15) is 11.3 Å². The number of hydrogen-bond donors (Lipinski definition) is 2. The number of aryl methyl sites for hydroxylation is 2. The van der Waals surface area contributed by atoms with E-state index in [2.05, 4.69) is 14.3 Å². The second-order valence-corrected chi connectivity index (χ2v) is 8.13. The first kappa shape index (κ1) is 18.4. The topological polar surface area (TPSA) is 117 Å². The quantitative estimate of drug-likeness (QED) is 0.366. The number of unbranched alkanes of at least 4 members (excludes halogenated alkanes) is 1. The summed E-state index contributed by atoms with van der Waals surface area (Å²) in [7, 11) is -3.17. The third-order valence-electron chi connectivity index (χ3n) is 4.38. The van der Waals surface area contributed by atoms with Crippen molar-refractivity contribution in [3.8, 4) is 0 Å². The second kappa shape index (κ2) is 7.08. The lowest BCUT2D eigenvalue weighted by Gasteiger charge is -2.13. The summed E-state index contributed by atoms with van der Waals surface area (Å²) < 4.78 is 27.6. The SMILES string of the molecule is CCc1nc2c(N)[n+]([O-])c3ccccc3c2n1CCCCNS(C)(=O)=O. The third kappa shape index (κ3) is 3.45. The minimum atomic E-state index is -3.17.